The summed E-state index contributed by atoms with van der Waals surface area (Å²) >= 11 is 0. The maximum Gasteiger partial charge on any atom is 0.0544 e. The molecule has 2 aliphatic carbocycles. The third kappa shape index (κ3) is 2.51. The molecule has 4 aromatic carbocycles. The molecule has 0 unspecified atom stereocenters. The molecular weight excluding hydrogens is 386 g/mol. The quantitative estimate of drug-likeness (QED) is 0.280. The number of rotatable bonds is 2. The molecule has 32 heavy (non-hydrogen) atoms. The van der Waals surface area contributed by atoms with E-state index in [1.54, 1.807) is 0 Å². The van der Waals surface area contributed by atoms with E-state index in [2.05, 4.69) is 108 Å². The number of nitrogens with zero attached hydrogens (tertiary/aromatic N) is 1. The monoisotopic (exact) mass is 409 g/mol. The first-order valence-electron chi connectivity index (χ1n) is 11.5. The van der Waals surface area contributed by atoms with Gasteiger partial charge in [0.15, 0.2) is 0 Å². The summed E-state index contributed by atoms with van der Waals surface area (Å²) < 4.78 is 2.53. The topological polar surface area (TPSA) is 4.93 Å². The van der Waals surface area contributed by atoms with Crippen LogP contribution in [-0.4, -0.2) is 4.57 Å². The SMILES string of the molecule is C1=C2Cc3ccccc3-c3cccc4c3c2c(n4-c2cccc(-c3ccccc3)c2)CC1. The molecule has 0 saturated carbocycles. The van der Waals surface area contributed by atoms with Crippen LogP contribution in [0.15, 0.2) is 103 Å². The van der Waals surface area contributed by atoms with Crippen LogP contribution in [0, 0.1) is 0 Å². The van der Waals surface area contributed by atoms with Crippen molar-refractivity contribution >= 4 is 16.5 Å². The van der Waals surface area contributed by atoms with Crippen molar-refractivity contribution in [3.8, 4) is 27.9 Å². The largest absolute Gasteiger partial charge is 0.313 e. The summed E-state index contributed by atoms with van der Waals surface area (Å²) in [4.78, 5) is 0. The molecule has 2 aliphatic rings. The first kappa shape index (κ1) is 17.8. The lowest BCUT2D eigenvalue weighted by atomic mass is 9.91. The van der Waals surface area contributed by atoms with Gasteiger partial charge in [-0.2, -0.15) is 0 Å². The third-order valence-electron chi connectivity index (χ3n) is 7.08. The van der Waals surface area contributed by atoms with Gasteiger partial charge >= 0.3 is 0 Å². The molecule has 0 fully saturated rings. The highest BCUT2D eigenvalue weighted by molar-refractivity contribution is 6.08. The Bertz CT molecular complexity index is 1530. The minimum atomic E-state index is 1.01. The van der Waals surface area contributed by atoms with Crippen molar-refractivity contribution in [1.82, 2.24) is 4.57 Å². The van der Waals surface area contributed by atoms with Gasteiger partial charge in [0, 0.05) is 22.3 Å². The summed E-state index contributed by atoms with van der Waals surface area (Å²) in [7, 11) is 0. The molecule has 0 aliphatic heterocycles. The normalized spacial score (nSPS) is 14.1. The molecule has 0 atom stereocenters. The Hall–Kier alpha value is -3.84. The summed E-state index contributed by atoms with van der Waals surface area (Å²) in [5.41, 5.74) is 13.7. The second kappa shape index (κ2) is 6.83. The van der Waals surface area contributed by atoms with E-state index in [1.807, 2.05) is 0 Å². The van der Waals surface area contributed by atoms with E-state index in [0.29, 0.717) is 0 Å². The predicted octanol–water partition coefficient (Wildman–Crippen LogP) is 7.85. The Morgan fingerprint density at radius 1 is 0.656 bits per heavy atom. The van der Waals surface area contributed by atoms with E-state index >= 15 is 0 Å². The standard InChI is InChI=1S/C31H23N/c1-2-9-21(10-3-1)22-12-6-14-25(20-22)32-28-17-7-13-24-19-23-11-4-5-15-26(23)27-16-8-18-29(32)31(27)30(24)28/h1-6,8-16,18,20H,7,17,19H2. The molecule has 0 radical (unpaired) electrons. The van der Waals surface area contributed by atoms with Crippen LogP contribution in [0.2, 0.25) is 0 Å². The molecule has 0 N–H and O–H groups in total. The van der Waals surface area contributed by atoms with Crippen LogP contribution < -0.4 is 0 Å². The van der Waals surface area contributed by atoms with Crippen molar-refractivity contribution < 1.29 is 0 Å². The van der Waals surface area contributed by atoms with Crippen LogP contribution in [0.4, 0.5) is 0 Å². The molecule has 0 spiro atoms. The Labute approximate surface area is 188 Å². The maximum atomic E-state index is 2.53. The van der Waals surface area contributed by atoms with Crippen LogP contribution in [0.25, 0.3) is 44.4 Å². The van der Waals surface area contributed by atoms with Gasteiger partial charge < -0.3 is 4.57 Å². The van der Waals surface area contributed by atoms with Gasteiger partial charge in [-0.3, -0.25) is 0 Å². The molecule has 7 rings (SSSR count). The second-order valence-electron chi connectivity index (χ2n) is 8.88. The number of benzene rings is 4. The first-order chi connectivity index (χ1) is 15.9. The van der Waals surface area contributed by atoms with Crippen LogP contribution in [-0.2, 0) is 12.8 Å². The number of hydrogen-bond acceptors (Lipinski definition) is 0. The molecule has 0 bridgehead atoms. The summed E-state index contributed by atoms with van der Waals surface area (Å²) in [6, 6.07) is 35.5. The second-order valence-corrected chi connectivity index (χ2v) is 8.88. The Morgan fingerprint density at radius 2 is 1.44 bits per heavy atom. The van der Waals surface area contributed by atoms with Gasteiger partial charge in [-0.15, -0.1) is 0 Å². The van der Waals surface area contributed by atoms with Crippen LogP contribution >= 0.6 is 0 Å². The first-order valence-corrected chi connectivity index (χ1v) is 11.5. The highest BCUT2D eigenvalue weighted by Crippen LogP contribution is 2.47. The Morgan fingerprint density at radius 3 is 2.38 bits per heavy atom. The minimum absolute atomic E-state index is 1.01. The summed E-state index contributed by atoms with van der Waals surface area (Å²) in [5.74, 6) is 0. The zero-order valence-electron chi connectivity index (χ0n) is 17.9. The van der Waals surface area contributed by atoms with E-state index in [4.69, 9.17) is 0 Å². The van der Waals surface area contributed by atoms with Crippen LogP contribution in [0.1, 0.15) is 23.2 Å². The average Bonchev–Trinajstić information content (AvgIpc) is 3.12. The molecule has 1 heteroatoms. The van der Waals surface area contributed by atoms with Gasteiger partial charge in [0.2, 0.25) is 0 Å². The maximum absolute atomic E-state index is 2.53. The van der Waals surface area contributed by atoms with E-state index in [0.717, 1.165) is 19.3 Å². The van der Waals surface area contributed by atoms with Crippen molar-refractivity contribution in [2.45, 2.75) is 19.3 Å². The molecule has 5 aromatic rings. The van der Waals surface area contributed by atoms with Gasteiger partial charge in [0.05, 0.1) is 5.52 Å². The van der Waals surface area contributed by atoms with Crippen molar-refractivity contribution in [2.24, 2.45) is 0 Å². The van der Waals surface area contributed by atoms with Gasteiger partial charge in [-0.05, 0) is 70.9 Å². The van der Waals surface area contributed by atoms with E-state index in [-0.39, 0.29) is 0 Å². The number of fused-ring (bicyclic) bond motifs is 2. The fourth-order valence-electron chi connectivity index (χ4n) is 5.74. The van der Waals surface area contributed by atoms with Crippen LogP contribution in [0.3, 0.4) is 0 Å². The summed E-state index contributed by atoms with van der Waals surface area (Å²) in [5, 5.41) is 1.42. The van der Waals surface area contributed by atoms with Crippen molar-refractivity contribution in [2.75, 3.05) is 0 Å². The average molecular weight is 410 g/mol. The van der Waals surface area contributed by atoms with Crippen molar-refractivity contribution in [3.05, 3.63) is 120 Å². The molecule has 1 heterocycles. The molecule has 1 nitrogen and oxygen atoms in total. The van der Waals surface area contributed by atoms with Gasteiger partial charge in [-0.1, -0.05) is 84.9 Å². The fourth-order valence-corrected chi connectivity index (χ4v) is 5.74. The molecular formula is C31H23N. The van der Waals surface area contributed by atoms with E-state index in [1.165, 1.54) is 61.2 Å². The van der Waals surface area contributed by atoms with Gasteiger partial charge in [0.25, 0.3) is 0 Å². The zero-order valence-corrected chi connectivity index (χ0v) is 17.9. The van der Waals surface area contributed by atoms with Crippen LogP contribution in [0.5, 0.6) is 0 Å². The highest BCUT2D eigenvalue weighted by atomic mass is 15.0. The Kier molecular flexibility index (Phi) is 3.80. The van der Waals surface area contributed by atoms with Crippen molar-refractivity contribution in [1.29, 1.82) is 0 Å². The molecule has 1 aromatic heterocycles. The van der Waals surface area contributed by atoms with Gasteiger partial charge in [-0.25, -0.2) is 0 Å². The minimum Gasteiger partial charge on any atom is -0.313 e. The van der Waals surface area contributed by atoms with Crippen molar-refractivity contribution in [3.63, 3.8) is 0 Å². The Balaban J connectivity index is 1.55. The lowest BCUT2D eigenvalue weighted by molar-refractivity contribution is 0.879. The molecule has 0 amide bonds. The predicted molar refractivity (Wildman–Crippen MR) is 134 cm³/mol. The lowest BCUT2D eigenvalue weighted by Gasteiger charge is -2.18. The summed E-state index contributed by atoms with van der Waals surface area (Å²) in [6.07, 6.45) is 5.68. The van der Waals surface area contributed by atoms with E-state index in [9.17, 15) is 0 Å². The van der Waals surface area contributed by atoms with E-state index < -0.39 is 0 Å². The smallest absolute Gasteiger partial charge is 0.0544 e. The lowest BCUT2D eigenvalue weighted by Crippen LogP contribution is -2.06. The molecule has 152 valence electrons. The fraction of sp³-hybridized carbons (Fsp3) is 0.0968. The zero-order chi connectivity index (χ0) is 21.1. The number of hydrogen-bond donors (Lipinski definition) is 0. The summed E-state index contributed by atoms with van der Waals surface area (Å²) in [6.45, 7) is 0. The number of allylic oxidation sites excluding steroid dienone is 2. The molecule has 0 saturated heterocycles. The third-order valence-corrected chi connectivity index (χ3v) is 7.08. The number of aromatic nitrogens is 1. The highest BCUT2D eigenvalue weighted by Gasteiger charge is 2.28. The van der Waals surface area contributed by atoms with Gasteiger partial charge in [0.1, 0.15) is 0 Å².